The summed E-state index contributed by atoms with van der Waals surface area (Å²) in [5.74, 6) is 0.177. The van der Waals surface area contributed by atoms with E-state index in [0.29, 0.717) is 23.1 Å². The first-order valence-corrected chi connectivity index (χ1v) is 11.4. The predicted molar refractivity (Wildman–Crippen MR) is 120 cm³/mol. The number of ether oxygens (including phenoxy) is 1. The van der Waals surface area contributed by atoms with Gasteiger partial charge in [0.15, 0.2) is 6.04 Å². The summed E-state index contributed by atoms with van der Waals surface area (Å²) >= 11 is 0. The summed E-state index contributed by atoms with van der Waals surface area (Å²) in [5.41, 5.74) is 1.57. The van der Waals surface area contributed by atoms with Gasteiger partial charge in [-0.15, -0.1) is 0 Å². The fourth-order valence-electron chi connectivity index (χ4n) is 4.40. The molecule has 0 bridgehead atoms. The second kappa shape index (κ2) is 10.1. The molecule has 0 spiro atoms. The standard InChI is InChI=1S/C25H33F3N2O2/c1-4-5-6-7-8-11-16-32-21-15-14-20(18-12-9-10-13-19(18)21)23(25(26,27)28)30-24(2,3)17-22(31)29-30/h9-10,12-15,23H,4-8,11,16-17H2,1-3H3,(H,29,31). The van der Waals surface area contributed by atoms with Gasteiger partial charge in [0.2, 0.25) is 5.91 Å². The number of unbranched alkanes of at least 4 members (excludes halogenated alkanes) is 5. The molecule has 1 aliphatic heterocycles. The molecule has 0 radical (unpaired) electrons. The molecule has 0 saturated carbocycles. The number of alkyl halides is 3. The summed E-state index contributed by atoms with van der Waals surface area (Å²) in [6.45, 7) is 6.00. The van der Waals surface area contributed by atoms with Crippen LogP contribution in [0.4, 0.5) is 13.2 Å². The lowest BCUT2D eigenvalue weighted by atomic mass is 9.93. The molecule has 4 nitrogen and oxygen atoms in total. The van der Waals surface area contributed by atoms with Crippen LogP contribution in [0.1, 0.15) is 77.3 Å². The maximum Gasteiger partial charge on any atom is 0.409 e. The lowest BCUT2D eigenvalue weighted by Gasteiger charge is -2.38. The van der Waals surface area contributed by atoms with Crippen LogP contribution in [0.15, 0.2) is 36.4 Å². The van der Waals surface area contributed by atoms with Crippen molar-refractivity contribution >= 4 is 16.7 Å². The van der Waals surface area contributed by atoms with Crippen molar-refractivity contribution in [2.24, 2.45) is 0 Å². The zero-order valence-electron chi connectivity index (χ0n) is 19.1. The van der Waals surface area contributed by atoms with Gasteiger partial charge < -0.3 is 4.74 Å². The van der Waals surface area contributed by atoms with E-state index >= 15 is 0 Å². The van der Waals surface area contributed by atoms with Gasteiger partial charge in [0.05, 0.1) is 6.61 Å². The monoisotopic (exact) mass is 450 g/mol. The lowest BCUT2D eigenvalue weighted by Crippen LogP contribution is -2.51. The Hall–Kier alpha value is -2.28. The van der Waals surface area contributed by atoms with Gasteiger partial charge in [-0.25, -0.2) is 0 Å². The molecule has 1 fully saturated rings. The summed E-state index contributed by atoms with van der Waals surface area (Å²) in [7, 11) is 0. The Kier molecular flexibility index (Phi) is 7.70. The first kappa shape index (κ1) is 24.4. The molecule has 2 aromatic rings. The minimum Gasteiger partial charge on any atom is -0.493 e. The summed E-state index contributed by atoms with van der Waals surface area (Å²) < 4.78 is 48.9. The van der Waals surface area contributed by atoms with Gasteiger partial charge in [-0.1, -0.05) is 69.4 Å². The Balaban J connectivity index is 1.87. The maximum atomic E-state index is 14.3. The van der Waals surface area contributed by atoms with E-state index in [9.17, 15) is 18.0 Å². The highest BCUT2D eigenvalue weighted by Gasteiger charge is 2.53. The molecule has 32 heavy (non-hydrogen) atoms. The van der Waals surface area contributed by atoms with E-state index in [0.717, 1.165) is 17.9 Å². The van der Waals surface area contributed by atoms with Crippen molar-refractivity contribution in [3.8, 4) is 5.75 Å². The third kappa shape index (κ3) is 5.55. The number of rotatable bonds is 10. The normalized spacial score (nSPS) is 17.5. The first-order valence-electron chi connectivity index (χ1n) is 11.4. The number of nitrogens with one attached hydrogen (secondary N) is 1. The highest BCUT2D eigenvalue weighted by atomic mass is 19.4. The smallest absolute Gasteiger partial charge is 0.409 e. The van der Waals surface area contributed by atoms with Crippen molar-refractivity contribution in [3.05, 3.63) is 42.0 Å². The minimum atomic E-state index is -4.57. The van der Waals surface area contributed by atoms with E-state index in [1.165, 1.54) is 31.7 Å². The Morgan fingerprint density at radius 2 is 1.69 bits per heavy atom. The van der Waals surface area contributed by atoms with Gasteiger partial charge >= 0.3 is 6.18 Å². The van der Waals surface area contributed by atoms with Crippen LogP contribution >= 0.6 is 0 Å². The molecule has 1 heterocycles. The third-order valence-electron chi connectivity index (χ3n) is 6.03. The van der Waals surface area contributed by atoms with E-state index < -0.39 is 23.7 Å². The SMILES string of the molecule is CCCCCCCCOc1ccc(C(N2NC(=O)CC2(C)C)C(F)(F)F)c2ccccc12. The van der Waals surface area contributed by atoms with E-state index in [4.69, 9.17) is 4.74 Å². The Morgan fingerprint density at radius 3 is 2.31 bits per heavy atom. The van der Waals surface area contributed by atoms with Crippen LogP contribution in [-0.4, -0.2) is 29.2 Å². The van der Waals surface area contributed by atoms with Crippen LogP contribution in [-0.2, 0) is 4.79 Å². The molecule has 7 heteroatoms. The quantitative estimate of drug-likeness (QED) is 0.410. The molecule has 1 atom stereocenters. The van der Waals surface area contributed by atoms with Gasteiger partial charge in [0.25, 0.3) is 0 Å². The van der Waals surface area contributed by atoms with Crippen molar-refractivity contribution < 1.29 is 22.7 Å². The second-order valence-corrected chi connectivity index (χ2v) is 9.15. The molecule has 1 aliphatic rings. The van der Waals surface area contributed by atoms with E-state index in [-0.39, 0.29) is 12.0 Å². The summed E-state index contributed by atoms with van der Waals surface area (Å²) in [6, 6.07) is 8.15. The van der Waals surface area contributed by atoms with Crippen LogP contribution in [0.3, 0.4) is 0 Å². The summed E-state index contributed by atoms with van der Waals surface area (Å²) in [4.78, 5) is 11.9. The Bertz CT molecular complexity index is 927. The van der Waals surface area contributed by atoms with Crippen LogP contribution < -0.4 is 10.2 Å². The minimum absolute atomic E-state index is 0.0109. The fraction of sp³-hybridized carbons (Fsp3) is 0.560. The van der Waals surface area contributed by atoms with E-state index in [1.807, 2.05) is 0 Å². The van der Waals surface area contributed by atoms with Crippen molar-refractivity contribution in [2.45, 2.75) is 83.5 Å². The summed E-state index contributed by atoms with van der Waals surface area (Å²) in [6.07, 6.45) is 2.26. The van der Waals surface area contributed by atoms with Gasteiger partial charge in [0, 0.05) is 17.3 Å². The number of hydrazine groups is 1. The highest BCUT2D eigenvalue weighted by molar-refractivity contribution is 5.91. The van der Waals surface area contributed by atoms with Gasteiger partial charge in [-0.2, -0.15) is 18.2 Å². The van der Waals surface area contributed by atoms with E-state index in [2.05, 4.69) is 12.3 Å². The van der Waals surface area contributed by atoms with Crippen LogP contribution in [0.2, 0.25) is 0 Å². The van der Waals surface area contributed by atoms with Gasteiger partial charge in [-0.05, 0) is 37.3 Å². The molecular formula is C25H33F3N2O2. The number of hydrogen-bond acceptors (Lipinski definition) is 3. The summed E-state index contributed by atoms with van der Waals surface area (Å²) in [5, 5.41) is 2.18. The second-order valence-electron chi connectivity index (χ2n) is 9.15. The molecule has 1 N–H and O–H groups in total. The Labute approximate surface area is 188 Å². The lowest BCUT2D eigenvalue weighted by molar-refractivity contribution is -0.203. The maximum absolute atomic E-state index is 14.3. The molecular weight excluding hydrogens is 417 g/mol. The number of halogens is 3. The topological polar surface area (TPSA) is 41.6 Å². The van der Waals surface area contributed by atoms with Crippen molar-refractivity contribution in [3.63, 3.8) is 0 Å². The Morgan fingerprint density at radius 1 is 1.03 bits per heavy atom. The zero-order chi connectivity index (χ0) is 23.4. The number of hydrogen-bond donors (Lipinski definition) is 1. The number of benzene rings is 2. The molecule has 0 aromatic heterocycles. The molecule has 2 aromatic carbocycles. The van der Waals surface area contributed by atoms with Crippen LogP contribution in [0.25, 0.3) is 10.8 Å². The molecule has 1 unspecified atom stereocenters. The van der Waals surface area contributed by atoms with Gasteiger partial charge in [0.1, 0.15) is 5.75 Å². The third-order valence-corrected chi connectivity index (χ3v) is 6.03. The van der Waals surface area contributed by atoms with Crippen LogP contribution in [0, 0.1) is 0 Å². The largest absolute Gasteiger partial charge is 0.493 e. The highest BCUT2D eigenvalue weighted by Crippen LogP contribution is 2.45. The molecule has 1 saturated heterocycles. The van der Waals surface area contributed by atoms with Crippen molar-refractivity contribution in [1.29, 1.82) is 0 Å². The molecule has 3 rings (SSSR count). The van der Waals surface area contributed by atoms with Gasteiger partial charge in [-0.3, -0.25) is 10.2 Å². The first-order chi connectivity index (χ1) is 15.1. The van der Waals surface area contributed by atoms with Crippen LogP contribution in [0.5, 0.6) is 5.75 Å². The fourth-order valence-corrected chi connectivity index (χ4v) is 4.40. The average molecular weight is 451 g/mol. The number of carbonyl (C=O) groups excluding carboxylic acids is 1. The predicted octanol–water partition coefficient (Wildman–Crippen LogP) is 6.70. The average Bonchev–Trinajstić information content (AvgIpc) is 2.99. The molecule has 1 amide bonds. The number of amides is 1. The zero-order valence-corrected chi connectivity index (χ0v) is 19.1. The number of nitrogens with zero attached hydrogens (tertiary/aromatic N) is 1. The molecule has 176 valence electrons. The van der Waals surface area contributed by atoms with E-state index in [1.54, 1.807) is 44.2 Å². The number of carbonyl (C=O) groups is 1. The number of fused-ring (bicyclic) bond motifs is 1. The molecule has 0 aliphatic carbocycles. The van der Waals surface area contributed by atoms with Crippen molar-refractivity contribution in [1.82, 2.24) is 10.4 Å². The van der Waals surface area contributed by atoms with Crippen molar-refractivity contribution in [2.75, 3.05) is 6.61 Å².